The number of hydrogen-bond donors (Lipinski definition) is 1. The minimum absolute atomic E-state index is 0.260. The van der Waals surface area contributed by atoms with Gasteiger partial charge in [-0.25, -0.2) is 0 Å². The van der Waals surface area contributed by atoms with Crippen molar-refractivity contribution in [3.05, 3.63) is 51.3 Å². The van der Waals surface area contributed by atoms with Crippen LogP contribution in [-0.2, 0) is 13.5 Å². The van der Waals surface area contributed by atoms with Crippen LogP contribution in [0.25, 0.3) is 0 Å². The lowest BCUT2D eigenvalue weighted by Gasteiger charge is -2.21. The number of halogens is 1. The number of aryl methyl sites for hydroxylation is 3. The summed E-state index contributed by atoms with van der Waals surface area (Å²) < 4.78 is 1.75. The Balaban J connectivity index is 2.38. The molecule has 0 aliphatic heterocycles. The molecule has 0 saturated heterocycles. The lowest BCUT2D eigenvalue weighted by Crippen LogP contribution is -2.24. The molecule has 1 aromatic heterocycles. The van der Waals surface area contributed by atoms with Gasteiger partial charge in [-0.15, -0.1) is 0 Å². The predicted octanol–water partition coefficient (Wildman–Crippen LogP) is 3.89. The second kappa shape index (κ2) is 6.63. The van der Waals surface area contributed by atoms with Gasteiger partial charge in [0.15, 0.2) is 0 Å². The van der Waals surface area contributed by atoms with Crippen molar-refractivity contribution in [3.63, 3.8) is 0 Å². The van der Waals surface area contributed by atoms with Crippen molar-refractivity contribution in [3.8, 4) is 0 Å². The number of benzene rings is 1. The van der Waals surface area contributed by atoms with Crippen LogP contribution in [0.15, 0.2) is 18.2 Å². The first-order valence-electron chi connectivity index (χ1n) is 7.43. The van der Waals surface area contributed by atoms with E-state index in [-0.39, 0.29) is 6.04 Å². The summed E-state index contributed by atoms with van der Waals surface area (Å²) in [6, 6.07) is 6.74. The molecular weight excluding hydrogens is 282 g/mol. The number of nitrogens with one attached hydrogen (secondary N) is 1. The zero-order chi connectivity index (χ0) is 15.6. The lowest BCUT2D eigenvalue weighted by atomic mass is 9.93. The van der Waals surface area contributed by atoms with E-state index in [2.05, 4.69) is 49.4 Å². The van der Waals surface area contributed by atoms with Crippen molar-refractivity contribution >= 4 is 11.6 Å². The van der Waals surface area contributed by atoms with Crippen molar-refractivity contribution in [2.24, 2.45) is 7.05 Å². The smallest absolute Gasteiger partial charge is 0.130 e. The molecule has 0 saturated carbocycles. The van der Waals surface area contributed by atoms with Crippen LogP contribution in [0.3, 0.4) is 0 Å². The average molecular weight is 306 g/mol. The van der Waals surface area contributed by atoms with Crippen LogP contribution in [0.1, 0.15) is 40.9 Å². The van der Waals surface area contributed by atoms with Gasteiger partial charge in [-0.05, 0) is 50.4 Å². The Morgan fingerprint density at radius 2 is 2.00 bits per heavy atom. The maximum atomic E-state index is 6.39. The molecule has 2 rings (SSSR count). The van der Waals surface area contributed by atoms with E-state index in [1.54, 1.807) is 4.68 Å². The topological polar surface area (TPSA) is 29.9 Å². The second-order valence-electron chi connectivity index (χ2n) is 5.58. The summed E-state index contributed by atoms with van der Waals surface area (Å²) in [4.78, 5) is 0. The Kier molecular flexibility index (Phi) is 5.07. The molecule has 2 aromatic rings. The van der Waals surface area contributed by atoms with Crippen LogP contribution in [-0.4, -0.2) is 16.3 Å². The summed E-state index contributed by atoms with van der Waals surface area (Å²) in [6.45, 7) is 9.43. The maximum absolute atomic E-state index is 6.39. The molecule has 1 N–H and O–H groups in total. The van der Waals surface area contributed by atoms with E-state index in [0.717, 1.165) is 29.4 Å². The molecule has 0 aliphatic carbocycles. The van der Waals surface area contributed by atoms with Gasteiger partial charge in [-0.2, -0.15) is 5.10 Å². The molecule has 0 amide bonds. The highest BCUT2D eigenvalue weighted by Gasteiger charge is 2.19. The summed E-state index contributed by atoms with van der Waals surface area (Å²) in [5, 5.41) is 8.73. The summed E-state index contributed by atoms with van der Waals surface area (Å²) in [6.07, 6.45) is 0.858. The first-order chi connectivity index (χ1) is 9.95. The van der Waals surface area contributed by atoms with Crippen LogP contribution in [0.2, 0.25) is 5.15 Å². The Labute approximate surface area is 132 Å². The normalized spacial score (nSPS) is 12.7. The molecule has 3 nitrogen and oxygen atoms in total. The van der Waals surface area contributed by atoms with Gasteiger partial charge in [0.1, 0.15) is 5.15 Å². The van der Waals surface area contributed by atoms with Gasteiger partial charge < -0.3 is 5.32 Å². The van der Waals surface area contributed by atoms with Crippen LogP contribution < -0.4 is 5.32 Å². The SMILES string of the molecule is CCNC(Cc1c(C)nn(C)c1Cl)c1cccc(C)c1C. The molecule has 0 fully saturated rings. The van der Waals surface area contributed by atoms with E-state index in [1.807, 2.05) is 14.0 Å². The molecule has 114 valence electrons. The quantitative estimate of drug-likeness (QED) is 0.908. The molecular formula is C17H24ClN3. The van der Waals surface area contributed by atoms with Crippen LogP contribution in [0.5, 0.6) is 0 Å². The monoisotopic (exact) mass is 305 g/mol. The van der Waals surface area contributed by atoms with E-state index < -0.39 is 0 Å². The van der Waals surface area contributed by atoms with Crippen molar-refractivity contribution in [2.45, 2.75) is 40.2 Å². The highest BCUT2D eigenvalue weighted by Crippen LogP contribution is 2.28. The standard InChI is InChI=1S/C17H24ClN3/c1-6-19-16(14-9-7-8-11(2)12(14)3)10-15-13(4)20-21(5)17(15)18/h7-9,16,19H,6,10H2,1-5H3. The van der Waals surface area contributed by atoms with Gasteiger partial charge in [-0.1, -0.05) is 36.7 Å². The largest absolute Gasteiger partial charge is 0.310 e. The minimum Gasteiger partial charge on any atom is -0.310 e. The Morgan fingerprint density at radius 1 is 1.29 bits per heavy atom. The van der Waals surface area contributed by atoms with E-state index in [9.17, 15) is 0 Å². The molecule has 1 heterocycles. The molecule has 21 heavy (non-hydrogen) atoms. The number of rotatable bonds is 5. The third-order valence-electron chi connectivity index (χ3n) is 4.15. The van der Waals surface area contributed by atoms with Crippen molar-refractivity contribution < 1.29 is 0 Å². The van der Waals surface area contributed by atoms with E-state index in [0.29, 0.717) is 0 Å². The summed E-state index contributed by atoms with van der Waals surface area (Å²) in [5.41, 5.74) is 6.16. The zero-order valence-corrected chi connectivity index (χ0v) is 14.3. The fourth-order valence-electron chi connectivity index (χ4n) is 2.80. The summed E-state index contributed by atoms with van der Waals surface area (Å²) >= 11 is 6.39. The van der Waals surface area contributed by atoms with E-state index in [4.69, 9.17) is 11.6 Å². The molecule has 0 aliphatic rings. The lowest BCUT2D eigenvalue weighted by molar-refractivity contribution is 0.546. The average Bonchev–Trinajstić information content (AvgIpc) is 2.68. The van der Waals surface area contributed by atoms with Gasteiger partial charge in [-0.3, -0.25) is 4.68 Å². The fraction of sp³-hybridized carbons (Fsp3) is 0.471. The second-order valence-corrected chi connectivity index (χ2v) is 5.94. The molecule has 0 radical (unpaired) electrons. The molecule has 0 bridgehead atoms. The number of aromatic nitrogens is 2. The van der Waals surface area contributed by atoms with Crippen LogP contribution >= 0.6 is 11.6 Å². The molecule has 1 atom stereocenters. The molecule has 1 unspecified atom stereocenters. The van der Waals surface area contributed by atoms with Crippen LogP contribution in [0, 0.1) is 20.8 Å². The number of likely N-dealkylation sites (N-methyl/N-ethyl adjacent to an activating group) is 1. The van der Waals surface area contributed by atoms with Crippen molar-refractivity contribution in [2.75, 3.05) is 6.54 Å². The van der Waals surface area contributed by atoms with Gasteiger partial charge >= 0.3 is 0 Å². The van der Waals surface area contributed by atoms with E-state index in [1.165, 1.54) is 16.7 Å². The van der Waals surface area contributed by atoms with Crippen molar-refractivity contribution in [1.29, 1.82) is 0 Å². The Bertz CT molecular complexity index is 631. The predicted molar refractivity (Wildman–Crippen MR) is 89.0 cm³/mol. The van der Waals surface area contributed by atoms with Crippen LogP contribution in [0.4, 0.5) is 0 Å². The minimum atomic E-state index is 0.260. The maximum Gasteiger partial charge on any atom is 0.130 e. The van der Waals surface area contributed by atoms with Gasteiger partial charge in [0.2, 0.25) is 0 Å². The summed E-state index contributed by atoms with van der Waals surface area (Å²) in [5.74, 6) is 0. The first-order valence-corrected chi connectivity index (χ1v) is 7.81. The Morgan fingerprint density at radius 3 is 2.57 bits per heavy atom. The summed E-state index contributed by atoms with van der Waals surface area (Å²) in [7, 11) is 1.89. The van der Waals surface area contributed by atoms with E-state index >= 15 is 0 Å². The number of hydrogen-bond acceptors (Lipinski definition) is 2. The van der Waals surface area contributed by atoms with Crippen molar-refractivity contribution in [1.82, 2.24) is 15.1 Å². The highest BCUT2D eigenvalue weighted by atomic mass is 35.5. The zero-order valence-electron chi connectivity index (χ0n) is 13.5. The number of nitrogens with zero attached hydrogens (tertiary/aromatic N) is 2. The molecule has 1 aromatic carbocycles. The third-order valence-corrected chi connectivity index (χ3v) is 4.62. The first kappa shape index (κ1) is 16.1. The third kappa shape index (κ3) is 3.30. The van der Waals surface area contributed by atoms with Gasteiger partial charge in [0.25, 0.3) is 0 Å². The fourth-order valence-corrected chi connectivity index (χ4v) is 3.05. The van der Waals surface area contributed by atoms with Gasteiger partial charge in [0, 0.05) is 18.7 Å². The highest BCUT2D eigenvalue weighted by molar-refractivity contribution is 6.30. The Hall–Kier alpha value is -1.32. The molecule has 4 heteroatoms. The van der Waals surface area contributed by atoms with Gasteiger partial charge in [0.05, 0.1) is 5.69 Å². The molecule has 0 spiro atoms.